The molecule has 2 N–H and O–H groups in total. The number of amides is 1. The SMILES string of the molecule is CC1(CO)CCCN(CC(=O)NCCc2cccc3cccnc23)C1. The number of piperidine rings is 1. The third-order valence-corrected chi connectivity index (χ3v) is 5.04. The molecule has 134 valence electrons. The van der Waals surface area contributed by atoms with Crippen molar-refractivity contribution in [2.75, 3.05) is 32.8 Å². The van der Waals surface area contributed by atoms with Crippen molar-refractivity contribution in [2.24, 2.45) is 5.41 Å². The Balaban J connectivity index is 1.49. The molecule has 0 radical (unpaired) electrons. The van der Waals surface area contributed by atoms with E-state index in [2.05, 4.69) is 40.3 Å². The molecule has 2 aromatic rings. The van der Waals surface area contributed by atoms with Gasteiger partial charge in [0.05, 0.1) is 12.1 Å². The lowest BCUT2D eigenvalue weighted by Crippen LogP contribution is -2.47. The molecule has 5 nitrogen and oxygen atoms in total. The number of hydrogen-bond acceptors (Lipinski definition) is 4. The molecule has 1 aromatic heterocycles. The lowest BCUT2D eigenvalue weighted by Gasteiger charge is -2.38. The van der Waals surface area contributed by atoms with Crippen LogP contribution in [0.15, 0.2) is 36.5 Å². The fourth-order valence-electron chi connectivity index (χ4n) is 3.66. The lowest BCUT2D eigenvalue weighted by molar-refractivity contribution is -0.123. The molecule has 1 aromatic carbocycles. The Hall–Kier alpha value is -1.98. The fourth-order valence-corrected chi connectivity index (χ4v) is 3.66. The van der Waals surface area contributed by atoms with Gasteiger partial charge in [-0.05, 0) is 37.4 Å². The van der Waals surface area contributed by atoms with Crippen molar-refractivity contribution >= 4 is 16.8 Å². The number of pyridine rings is 1. The van der Waals surface area contributed by atoms with Crippen LogP contribution < -0.4 is 5.32 Å². The van der Waals surface area contributed by atoms with Crippen LogP contribution in [0.3, 0.4) is 0 Å². The van der Waals surface area contributed by atoms with E-state index in [1.165, 1.54) is 0 Å². The molecule has 1 aliphatic heterocycles. The van der Waals surface area contributed by atoms with Gasteiger partial charge in [-0.25, -0.2) is 0 Å². The number of nitrogens with zero attached hydrogens (tertiary/aromatic N) is 2. The predicted molar refractivity (Wildman–Crippen MR) is 99.3 cm³/mol. The number of aliphatic hydroxyl groups is 1. The maximum atomic E-state index is 12.2. The van der Waals surface area contributed by atoms with Crippen LogP contribution in [0.1, 0.15) is 25.3 Å². The summed E-state index contributed by atoms with van der Waals surface area (Å²) in [7, 11) is 0. The molecule has 0 spiro atoms. The smallest absolute Gasteiger partial charge is 0.234 e. The molecule has 1 fully saturated rings. The minimum Gasteiger partial charge on any atom is -0.396 e. The van der Waals surface area contributed by atoms with Gasteiger partial charge >= 0.3 is 0 Å². The van der Waals surface area contributed by atoms with E-state index in [0.29, 0.717) is 13.1 Å². The van der Waals surface area contributed by atoms with Crippen molar-refractivity contribution in [1.82, 2.24) is 15.2 Å². The summed E-state index contributed by atoms with van der Waals surface area (Å²) >= 11 is 0. The van der Waals surface area contributed by atoms with Gasteiger partial charge in [-0.2, -0.15) is 0 Å². The number of rotatable bonds is 6. The Morgan fingerprint density at radius 2 is 2.20 bits per heavy atom. The van der Waals surface area contributed by atoms with Gasteiger partial charge in [0.15, 0.2) is 0 Å². The summed E-state index contributed by atoms with van der Waals surface area (Å²) in [5, 5.41) is 13.7. The number of fused-ring (bicyclic) bond motifs is 1. The van der Waals surface area contributed by atoms with Gasteiger partial charge < -0.3 is 10.4 Å². The van der Waals surface area contributed by atoms with E-state index < -0.39 is 0 Å². The van der Waals surface area contributed by atoms with Gasteiger partial charge in [0.2, 0.25) is 5.91 Å². The topological polar surface area (TPSA) is 65.5 Å². The summed E-state index contributed by atoms with van der Waals surface area (Å²) in [4.78, 5) is 18.8. The third kappa shape index (κ3) is 4.55. The zero-order valence-corrected chi connectivity index (χ0v) is 14.9. The standard InChI is InChI=1S/C20H27N3O2/c1-20(15-24)9-4-12-23(14-20)13-18(25)21-11-8-17-6-2-5-16-7-3-10-22-19(16)17/h2-3,5-7,10,24H,4,8-9,11-15H2,1H3,(H,21,25). The van der Waals surface area contributed by atoms with Crippen LogP contribution in [0.2, 0.25) is 0 Å². The average molecular weight is 341 g/mol. The maximum Gasteiger partial charge on any atom is 0.234 e. The Morgan fingerprint density at radius 1 is 1.36 bits per heavy atom. The van der Waals surface area contributed by atoms with E-state index >= 15 is 0 Å². The Labute approximate surface area is 149 Å². The lowest BCUT2D eigenvalue weighted by atomic mass is 9.83. The molecule has 1 atom stereocenters. The van der Waals surface area contributed by atoms with Crippen LogP contribution in [0.4, 0.5) is 0 Å². The molecule has 0 bridgehead atoms. The summed E-state index contributed by atoms with van der Waals surface area (Å²) in [6.45, 7) is 4.99. The summed E-state index contributed by atoms with van der Waals surface area (Å²) < 4.78 is 0. The Bertz CT molecular complexity index is 728. The Kier molecular flexibility index (Phi) is 5.66. The van der Waals surface area contributed by atoms with E-state index in [4.69, 9.17) is 0 Å². The minimum atomic E-state index is -0.0762. The van der Waals surface area contributed by atoms with E-state index in [0.717, 1.165) is 48.8 Å². The van der Waals surface area contributed by atoms with Crippen molar-refractivity contribution in [3.8, 4) is 0 Å². The van der Waals surface area contributed by atoms with Crippen LogP contribution >= 0.6 is 0 Å². The quantitative estimate of drug-likeness (QED) is 0.843. The molecular formula is C20H27N3O2. The van der Waals surface area contributed by atoms with E-state index in [1.54, 1.807) is 6.20 Å². The second-order valence-electron chi connectivity index (χ2n) is 7.38. The number of likely N-dealkylation sites (tertiary alicyclic amines) is 1. The fraction of sp³-hybridized carbons (Fsp3) is 0.500. The first-order chi connectivity index (χ1) is 12.1. The van der Waals surface area contributed by atoms with Crippen LogP contribution in [-0.4, -0.2) is 53.7 Å². The number of carbonyl (C=O) groups is 1. The van der Waals surface area contributed by atoms with Crippen molar-refractivity contribution < 1.29 is 9.90 Å². The second-order valence-corrected chi connectivity index (χ2v) is 7.38. The first kappa shape index (κ1) is 17.8. The zero-order chi connectivity index (χ0) is 17.7. The monoisotopic (exact) mass is 341 g/mol. The van der Waals surface area contributed by atoms with E-state index in [9.17, 15) is 9.90 Å². The van der Waals surface area contributed by atoms with Gasteiger partial charge in [0, 0.05) is 36.7 Å². The van der Waals surface area contributed by atoms with Crippen molar-refractivity contribution in [2.45, 2.75) is 26.2 Å². The zero-order valence-electron chi connectivity index (χ0n) is 14.9. The Morgan fingerprint density at radius 3 is 3.04 bits per heavy atom. The van der Waals surface area contributed by atoms with Gasteiger partial charge in [-0.1, -0.05) is 31.2 Å². The molecule has 25 heavy (non-hydrogen) atoms. The van der Waals surface area contributed by atoms with E-state index in [-0.39, 0.29) is 17.9 Å². The highest BCUT2D eigenvalue weighted by molar-refractivity contribution is 5.81. The van der Waals surface area contributed by atoms with Crippen LogP contribution in [0.5, 0.6) is 0 Å². The highest BCUT2D eigenvalue weighted by Gasteiger charge is 2.30. The van der Waals surface area contributed by atoms with Crippen LogP contribution in [-0.2, 0) is 11.2 Å². The first-order valence-corrected chi connectivity index (χ1v) is 9.02. The largest absolute Gasteiger partial charge is 0.396 e. The first-order valence-electron chi connectivity index (χ1n) is 9.02. The number of aliphatic hydroxyl groups excluding tert-OH is 1. The maximum absolute atomic E-state index is 12.2. The molecule has 5 heteroatoms. The van der Waals surface area contributed by atoms with Crippen molar-refractivity contribution in [3.05, 3.63) is 42.1 Å². The molecule has 0 saturated carbocycles. The molecular weight excluding hydrogens is 314 g/mol. The molecule has 1 saturated heterocycles. The second kappa shape index (κ2) is 7.93. The molecule has 3 rings (SSSR count). The number of carbonyl (C=O) groups excluding carboxylic acids is 1. The summed E-state index contributed by atoms with van der Waals surface area (Å²) in [6, 6.07) is 10.1. The van der Waals surface area contributed by atoms with Gasteiger partial charge in [-0.3, -0.25) is 14.7 Å². The molecule has 1 unspecified atom stereocenters. The third-order valence-electron chi connectivity index (χ3n) is 5.04. The highest BCUT2D eigenvalue weighted by atomic mass is 16.3. The normalized spacial score (nSPS) is 21.4. The van der Waals surface area contributed by atoms with Crippen molar-refractivity contribution in [1.29, 1.82) is 0 Å². The number of para-hydroxylation sites is 1. The number of benzene rings is 1. The average Bonchev–Trinajstić information content (AvgIpc) is 2.62. The summed E-state index contributed by atoms with van der Waals surface area (Å²) in [5.41, 5.74) is 2.09. The molecule has 1 aliphatic rings. The van der Waals surface area contributed by atoms with Crippen LogP contribution in [0, 0.1) is 5.41 Å². The highest BCUT2D eigenvalue weighted by Crippen LogP contribution is 2.28. The number of hydrogen-bond donors (Lipinski definition) is 2. The summed E-state index contributed by atoms with van der Waals surface area (Å²) in [6.07, 6.45) is 4.63. The van der Waals surface area contributed by atoms with Crippen molar-refractivity contribution in [3.63, 3.8) is 0 Å². The molecule has 1 amide bonds. The minimum absolute atomic E-state index is 0.0513. The van der Waals surface area contributed by atoms with Crippen LogP contribution in [0.25, 0.3) is 10.9 Å². The summed E-state index contributed by atoms with van der Waals surface area (Å²) in [5.74, 6) is 0.0513. The number of nitrogens with one attached hydrogen (secondary N) is 1. The molecule has 0 aliphatic carbocycles. The van der Waals surface area contributed by atoms with E-state index in [1.807, 2.05) is 12.1 Å². The predicted octanol–water partition coefficient (Wildman–Crippen LogP) is 1.99. The molecule has 2 heterocycles. The van der Waals surface area contributed by atoms with Gasteiger partial charge in [-0.15, -0.1) is 0 Å². The van der Waals surface area contributed by atoms with Gasteiger partial charge in [0.1, 0.15) is 0 Å². The van der Waals surface area contributed by atoms with Gasteiger partial charge in [0.25, 0.3) is 0 Å². The number of aromatic nitrogens is 1.